The molecule has 20 heavy (non-hydrogen) atoms. The molecule has 104 valence electrons. The third kappa shape index (κ3) is 3.19. The van der Waals surface area contributed by atoms with Crippen molar-refractivity contribution in [3.63, 3.8) is 0 Å². The monoisotopic (exact) mass is 314 g/mol. The lowest BCUT2D eigenvalue weighted by Gasteiger charge is -2.05. The molecule has 0 atom stereocenters. The molecule has 0 aliphatic rings. The van der Waals surface area contributed by atoms with Crippen LogP contribution in [0.1, 0.15) is 10.4 Å². The zero-order chi connectivity index (χ0) is 14.8. The summed E-state index contributed by atoms with van der Waals surface area (Å²) in [5.74, 6) is -1.41. The van der Waals surface area contributed by atoms with Crippen LogP contribution in [0.3, 0.4) is 0 Å². The van der Waals surface area contributed by atoms with E-state index in [4.69, 9.17) is 16.7 Å². The Balaban J connectivity index is 2.28. The molecule has 2 rings (SSSR count). The van der Waals surface area contributed by atoms with Gasteiger partial charge >= 0.3 is 5.97 Å². The minimum absolute atomic E-state index is 0.0758. The van der Waals surface area contributed by atoms with Crippen molar-refractivity contribution in [1.82, 2.24) is 15.0 Å². The number of carboxylic acid groups (broad SMARTS) is 1. The fraction of sp³-hybridized carbons (Fsp3) is 0. The summed E-state index contributed by atoms with van der Waals surface area (Å²) in [7, 11) is -4.01. The average Bonchev–Trinajstić information content (AvgIpc) is 2.38. The third-order valence-corrected chi connectivity index (χ3v) is 3.56. The Bertz CT molecular complexity index is 748. The van der Waals surface area contributed by atoms with Crippen molar-refractivity contribution >= 4 is 33.5 Å². The fourth-order valence-electron chi connectivity index (χ4n) is 1.22. The highest BCUT2D eigenvalue weighted by Gasteiger charge is 2.18. The van der Waals surface area contributed by atoms with Gasteiger partial charge in [-0.05, 0) is 18.2 Å². The molecule has 10 heteroatoms. The average molecular weight is 315 g/mol. The number of anilines is 1. The molecule has 8 nitrogen and oxygen atoms in total. The van der Waals surface area contributed by atoms with Gasteiger partial charge in [-0.1, -0.05) is 11.6 Å². The number of carboxylic acids is 1. The quantitative estimate of drug-likeness (QED) is 0.808. The first kappa shape index (κ1) is 14.2. The van der Waals surface area contributed by atoms with Gasteiger partial charge in [0.05, 0.1) is 5.56 Å². The van der Waals surface area contributed by atoms with Crippen molar-refractivity contribution < 1.29 is 18.3 Å². The minimum atomic E-state index is -4.01. The summed E-state index contributed by atoms with van der Waals surface area (Å²) in [6.45, 7) is 0. The number of nitrogens with zero attached hydrogens (tertiary/aromatic N) is 3. The summed E-state index contributed by atoms with van der Waals surface area (Å²) < 4.78 is 26.0. The van der Waals surface area contributed by atoms with Crippen LogP contribution in [-0.4, -0.2) is 34.4 Å². The normalized spacial score (nSPS) is 11.1. The van der Waals surface area contributed by atoms with E-state index in [0.29, 0.717) is 0 Å². The second-order valence-corrected chi connectivity index (χ2v) is 5.52. The molecule has 2 heterocycles. The van der Waals surface area contributed by atoms with Gasteiger partial charge in [0, 0.05) is 12.4 Å². The molecule has 0 aliphatic carbocycles. The van der Waals surface area contributed by atoms with Gasteiger partial charge in [0.15, 0.2) is 5.03 Å². The Hall–Kier alpha value is -2.26. The SMILES string of the molecule is O=C(O)c1ccc(S(=O)(=O)Nc2nccc(Cl)n2)nc1. The highest BCUT2D eigenvalue weighted by atomic mass is 35.5. The summed E-state index contributed by atoms with van der Waals surface area (Å²) in [6.07, 6.45) is 2.23. The number of hydrogen-bond acceptors (Lipinski definition) is 6. The van der Waals surface area contributed by atoms with E-state index < -0.39 is 16.0 Å². The molecular weight excluding hydrogens is 308 g/mol. The zero-order valence-electron chi connectivity index (χ0n) is 9.69. The molecule has 2 aromatic heterocycles. The lowest BCUT2D eigenvalue weighted by molar-refractivity contribution is 0.0696. The Labute approximate surface area is 118 Å². The smallest absolute Gasteiger partial charge is 0.337 e. The predicted octanol–water partition coefficient (Wildman–Crippen LogP) is 1.02. The number of rotatable bonds is 4. The van der Waals surface area contributed by atoms with Crippen LogP contribution >= 0.6 is 11.6 Å². The van der Waals surface area contributed by atoms with Crippen LogP contribution in [0.2, 0.25) is 5.15 Å². The zero-order valence-corrected chi connectivity index (χ0v) is 11.3. The van der Waals surface area contributed by atoms with Gasteiger partial charge in [0.25, 0.3) is 10.0 Å². The Morgan fingerprint density at radius 3 is 2.55 bits per heavy atom. The first-order valence-electron chi connectivity index (χ1n) is 5.09. The number of nitrogens with one attached hydrogen (secondary N) is 1. The third-order valence-electron chi connectivity index (χ3n) is 2.11. The molecule has 2 N–H and O–H groups in total. The number of aromatic carboxylic acids is 1. The van der Waals surface area contributed by atoms with E-state index in [-0.39, 0.29) is 21.7 Å². The van der Waals surface area contributed by atoms with Crippen LogP contribution in [0.4, 0.5) is 5.95 Å². The lowest BCUT2D eigenvalue weighted by Crippen LogP contribution is -2.16. The Kier molecular flexibility index (Phi) is 3.81. The fourth-order valence-corrected chi connectivity index (χ4v) is 2.24. The van der Waals surface area contributed by atoms with Crippen molar-refractivity contribution in [3.05, 3.63) is 41.3 Å². The van der Waals surface area contributed by atoms with Crippen molar-refractivity contribution in [3.8, 4) is 0 Å². The summed E-state index contributed by atoms with van der Waals surface area (Å²) in [6, 6.07) is 3.58. The van der Waals surface area contributed by atoms with E-state index in [2.05, 4.69) is 19.7 Å². The number of hydrogen-bond donors (Lipinski definition) is 2. The molecule has 0 spiro atoms. The van der Waals surface area contributed by atoms with Crippen LogP contribution in [0.25, 0.3) is 0 Å². The van der Waals surface area contributed by atoms with Crippen molar-refractivity contribution in [2.75, 3.05) is 4.72 Å². The Morgan fingerprint density at radius 1 is 1.25 bits per heavy atom. The number of sulfonamides is 1. The number of aromatic nitrogens is 3. The second kappa shape index (κ2) is 5.39. The van der Waals surface area contributed by atoms with E-state index in [0.717, 1.165) is 18.3 Å². The lowest BCUT2D eigenvalue weighted by atomic mass is 10.3. The highest BCUT2D eigenvalue weighted by molar-refractivity contribution is 7.92. The molecule has 0 aromatic carbocycles. The first-order valence-corrected chi connectivity index (χ1v) is 6.95. The van der Waals surface area contributed by atoms with Gasteiger partial charge in [0.1, 0.15) is 5.15 Å². The van der Waals surface area contributed by atoms with E-state index in [1.807, 2.05) is 0 Å². The standard InChI is InChI=1S/C10H7ClN4O4S/c11-7-3-4-12-10(14-7)15-20(18,19)8-2-1-6(5-13-8)9(16)17/h1-5H,(H,16,17)(H,12,14,15). The van der Waals surface area contributed by atoms with Crippen molar-refractivity contribution in [1.29, 1.82) is 0 Å². The van der Waals surface area contributed by atoms with Crippen LogP contribution < -0.4 is 4.72 Å². The van der Waals surface area contributed by atoms with E-state index in [1.165, 1.54) is 12.3 Å². The molecule has 2 aromatic rings. The molecule has 0 fully saturated rings. The molecule has 0 amide bonds. The van der Waals surface area contributed by atoms with E-state index in [9.17, 15) is 13.2 Å². The maximum atomic E-state index is 11.9. The van der Waals surface area contributed by atoms with Crippen LogP contribution in [0.15, 0.2) is 35.6 Å². The number of pyridine rings is 1. The summed E-state index contributed by atoms with van der Waals surface area (Å²) in [5.41, 5.74) is -0.122. The molecule has 0 bridgehead atoms. The van der Waals surface area contributed by atoms with Gasteiger partial charge in [-0.25, -0.2) is 24.5 Å². The molecule has 0 saturated carbocycles. The Morgan fingerprint density at radius 2 is 2.00 bits per heavy atom. The van der Waals surface area contributed by atoms with Gasteiger partial charge < -0.3 is 5.11 Å². The minimum Gasteiger partial charge on any atom is -0.478 e. The van der Waals surface area contributed by atoms with Crippen molar-refractivity contribution in [2.24, 2.45) is 0 Å². The molecule has 0 aliphatic heterocycles. The highest BCUT2D eigenvalue weighted by Crippen LogP contribution is 2.12. The van der Waals surface area contributed by atoms with Gasteiger partial charge in [0.2, 0.25) is 5.95 Å². The molecule has 0 saturated heterocycles. The van der Waals surface area contributed by atoms with Gasteiger partial charge in [-0.3, -0.25) is 0 Å². The topological polar surface area (TPSA) is 122 Å². The largest absolute Gasteiger partial charge is 0.478 e. The van der Waals surface area contributed by atoms with Crippen LogP contribution in [0.5, 0.6) is 0 Å². The number of halogens is 1. The predicted molar refractivity (Wildman–Crippen MR) is 69.0 cm³/mol. The van der Waals surface area contributed by atoms with Crippen molar-refractivity contribution in [2.45, 2.75) is 5.03 Å². The van der Waals surface area contributed by atoms with E-state index in [1.54, 1.807) is 0 Å². The van der Waals surface area contributed by atoms with Crippen LogP contribution in [-0.2, 0) is 10.0 Å². The van der Waals surface area contributed by atoms with Crippen LogP contribution in [0, 0.1) is 0 Å². The van der Waals surface area contributed by atoms with E-state index >= 15 is 0 Å². The second-order valence-electron chi connectivity index (χ2n) is 3.50. The summed E-state index contributed by atoms with van der Waals surface area (Å²) in [4.78, 5) is 21.6. The maximum Gasteiger partial charge on any atom is 0.337 e. The van der Waals surface area contributed by atoms with Gasteiger partial charge in [-0.2, -0.15) is 8.42 Å². The number of carbonyl (C=O) groups is 1. The maximum absolute atomic E-state index is 11.9. The molecule has 0 unspecified atom stereocenters. The first-order chi connectivity index (χ1) is 9.38. The molecule has 0 radical (unpaired) electrons. The molecular formula is C10H7ClN4O4S. The van der Waals surface area contributed by atoms with Gasteiger partial charge in [-0.15, -0.1) is 0 Å². The summed E-state index contributed by atoms with van der Waals surface area (Å²) in [5, 5.41) is 8.42. The summed E-state index contributed by atoms with van der Waals surface area (Å²) >= 11 is 5.61.